The highest BCUT2D eigenvalue weighted by Gasteiger charge is 2.27. The van der Waals surface area contributed by atoms with Gasteiger partial charge in [0.1, 0.15) is 0 Å². The topological polar surface area (TPSA) is 64.0 Å². The molecule has 1 N–H and O–H groups in total. The molecule has 130 valence electrons. The van der Waals surface area contributed by atoms with E-state index in [1.807, 2.05) is 29.8 Å². The third-order valence-electron chi connectivity index (χ3n) is 4.77. The summed E-state index contributed by atoms with van der Waals surface area (Å²) in [6, 6.07) is 10.3. The predicted octanol–water partition coefficient (Wildman–Crippen LogP) is 2.07. The highest BCUT2D eigenvalue weighted by atomic mass is 32.2. The zero-order chi connectivity index (χ0) is 17.2. The van der Waals surface area contributed by atoms with Crippen LogP contribution in [0.15, 0.2) is 30.3 Å². The molecule has 0 spiro atoms. The van der Waals surface area contributed by atoms with Crippen molar-refractivity contribution in [3.05, 3.63) is 52.8 Å². The molecule has 5 nitrogen and oxygen atoms in total. The summed E-state index contributed by atoms with van der Waals surface area (Å²) in [7, 11) is -2.79. The third kappa shape index (κ3) is 4.05. The Balaban J connectivity index is 1.60. The smallest absolute Gasteiger partial charge is 0.150 e. The second-order valence-corrected chi connectivity index (χ2v) is 8.92. The van der Waals surface area contributed by atoms with E-state index in [2.05, 4.69) is 29.5 Å². The molecule has 1 unspecified atom stereocenters. The average Bonchev–Trinajstić information content (AvgIpc) is 3.02. The van der Waals surface area contributed by atoms with E-state index < -0.39 is 9.84 Å². The number of aromatic nitrogens is 2. The zero-order valence-corrected chi connectivity index (χ0v) is 15.1. The Morgan fingerprint density at radius 2 is 2.00 bits per heavy atom. The fourth-order valence-corrected chi connectivity index (χ4v) is 5.20. The minimum Gasteiger partial charge on any atom is -0.312 e. The van der Waals surface area contributed by atoms with Crippen LogP contribution in [0.4, 0.5) is 0 Å². The summed E-state index contributed by atoms with van der Waals surface area (Å²) < 4.78 is 25.1. The van der Waals surface area contributed by atoms with Crippen LogP contribution in [-0.4, -0.2) is 36.2 Å². The Labute approximate surface area is 144 Å². The SMILES string of the molecule is Cc1nn(Cc2ccccc2)c(C)c1CNCC1CCS(=O)(=O)C1. The number of sulfone groups is 1. The second kappa shape index (κ2) is 7.07. The minimum absolute atomic E-state index is 0.245. The van der Waals surface area contributed by atoms with Gasteiger partial charge in [-0.1, -0.05) is 30.3 Å². The Morgan fingerprint density at radius 1 is 1.25 bits per heavy atom. The lowest BCUT2D eigenvalue weighted by Crippen LogP contribution is -2.23. The molecule has 24 heavy (non-hydrogen) atoms. The molecule has 1 atom stereocenters. The Hall–Kier alpha value is -1.66. The number of nitrogens with zero attached hydrogens (tertiary/aromatic N) is 2. The number of benzene rings is 1. The van der Waals surface area contributed by atoms with E-state index in [1.54, 1.807) is 0 Å². The van der Waals surface area contributed by atoms with Gasteiger partial charge in [0, 0.05) is 17.8 Å². The number of rotatable bonds is 6. The van der Waals surface area contributed by atoms with Gasteiger partial charge in [-0.2, -0.15) is 5.10 Å². The van der Waals surface area contributed by atoms with E-state index in [1.165, 1.54) is 16.8 Å². The molecule has 3 rings (SSSR count). The van der Waals surface area contributed by atoms with Gasteiger partial charge < -0.3 is 5.32 Å². The molecule has 0 radical (unpaired) electrons. The van der Waals surface area contributed by atoms with Crippen LogP contribution in [0, 0.1) is 19.8 Å². The van der Waals surface area contributed by atoms with Crippen LogP contribution in [0.25, 0.3) is 0 Å². The maximum atomic E-state index is 11.5. The molecular formula is C18H25N3O2S. The van der Waals surface area contributed by atoms with E-state index >= 15 is 0 Å². The fraction of sp³-hybridized carbons (Fsp3) is 0.500. The lowest BCUT2D eigenvalue weighted by atomic mass is 10.1. The highest BCUT2D eigenvalue weighted by molar-refractivity contribution is 7.91. The van der Waals surface area contributed by atoms with Crippen molar-refractivity contribution >= 4 is 9.84 Å². The number of nitrogens with one attached hydrogen (secondary N) is 1. The standard InChI is InChI=1S/C18H25N3O2S/c1-14-18(11-19-10-17-8-9-24(22,23)13-17)15(2)21(20-14)12-16-6-4-3-5-7-16/h3-7,17,19H,8-13H2,1-2H3. The summed E-state index contributed by atoms with van der Waals surface area (Å²) in [5.41, 5.74) is 4.66. The van der Waals surface area contributed by atoms with Crippen LogP contribution in [0.2, 0.25) is 0 Å². The number of aryl methyl sites for hydroxylation is 1. The van der Waals surface area contributed by atoms with Crippen molar-refractivity contribution in [3.63, 3.8) is 0 Å². The van der Waals surface area contributed by atoms with Gasteiger partial charge in [0.15, 0.2) is 9.84 Å². The van der Waals surface area contributed by atoms with Gasteiger partial charge in [0.2, 0.25) is 0 Å². The van der Waals surface area contributed by atoms with Crippen LogP contribution in [0.1, 0.15) is 28.9 Å². The van der Waals surface area contributed by atoms with Crippen molar-refractivity contribution in [1.29, 1.82) is 0 Å². The van der Waals surface area contributed by atoms with Crippen molar-refractivity contribution in [2.75, 3.05) is 18.1 Å². The summed E-state index contributed by atoms with van der Waals surface area (Å²) in [4.78, 5) is 0. The second-order valence-electron chi connectivity index (χ2n) is 6.69. The van der Waals surface area contributed by atoms with Crippen molar-refractivity contribution in [3.8, 4) is 0 Å². The van der Waals surface area contributed by atoms with E-state index in [9.17, 15) is 8.42 Å². The van der Waals surface area contributed by atoms with Crippen molar-refractivity contribution < 1.29 is 8.42 Å². The largest absolute Gasteiger partial charge is 0.312 e. The van der Waals surface area contributed by atoms with Crippen LogP contribution < -0.4 is 5.32 Å². The molecule has 1 aromatic carbocycles. The Bertz CT molecular complexity index is 797. The summed E-state index contributed by atoms with van der Waals surface area (Å²) in [6.45, 7) is 6.39. The normalized spacial score (nSPS) is 19.7. The Kier molecular flexibility index (Phi) is 5.06. The van der Waals surface area contributed by atoms with Gasteiger partial charge in [-0.15, -0.1) is 0 Å². The summed E-state index contributed by atoms with van der Waals surface area (Å²) in [5.74, 6) is 0.910. The van der Waals surface area contributed by atoms with Crippen molar-refractivity contribution in [2.45, 2.75) is 33.4 Å². The summed E-state index contributed by atoms with van der Waals surface area (Å²) in [6.07, 6.45) is 0.778. The lowest BCUT2D eigenvalue weighted by Gasteiger charge is -2.10. The van der Waals surface area contributed by atoms with E-state index in [4.69, 9.17) is 0 Å². The van der Waals surface area contributed by atoms with Crippen LogP contribution >= 0.6 is 0 Å². The van der Waals surface area contributed by atoms with Gasteiger partial charge in [0.05, 0.1) is 23.7 Å². The Morgan fingerprint density at radius 3 is 2.67 bits per heavy atom. The van der Waals surface area contributed by atoms with Gasteiger partial charge in [-0.05, 0) is 38.3 Å². The molecular weight excluding hydrogens is 322 g/mol. The number of hydrogen-bond acceptors (Lipinski definition) is 4. The molecule has 6 heteroatoms. The minimum atomic E-state index is -2.79. The monoisotopic (exact) mass is 347 g/mol. The van der Waals surface area contributed by atoms with Crippen LogP contribution in [0.3, 0.4) is 0 Å². The first-order valence-corrected chi connectivity index (χ1v) is 10.2. The average molecular weight is 347 g/mol. The van der Waals surface area contributed by atoms with E-state index in [0.717, 1.165) is 31.7 Å². The zero-order valence-electron chi connectivity index (χ0n) is 14.3. The molecule has 1 saturated heterocycles. The van der Waals surface area contributed by atoms with Crippen LogP contribution in [0.5, 0.6) is 0 Å². The lowest BCUT2D eigenvalue weighted by molar-refractivity contribution is 0.519. The van der Waals surface area contributed by atoms with Gasteiger partial charge in [-0.3, -0.25) is 4.68 Å². The summed E-state index contributed by atoms with van der Waals surface area (Å²) in [5, 5.41) is 8.08. The first kappa shape index (κ1) is 17.2. The van der Waals surface area contributed by atoms with E-state index in [0.29, 0.717) is 11.5 Å². The molecule has 1 fully saturated rings. The predicted molar refractivity (Wildman–Crippen MR) is 95.7 cm³/mol. The summed E-state index contributed by atoms with van der Waals surface area (Å²) >= 11 is 0. The highest BCUT2D eigenvalue weighted by Crippen LogP contribution is 2.18. The van der Waals surface area contributed by atoms with Crippen molar-refractivity contribution in [1.82, 2.24) is 15.1 Å². The first-order valence-electron chi connectivity index (χ1n) is 8.42. The molecule has 0 bridgehead atoms. The quantitative estimate of drug-likeness (QED) is 0.869. The molecule has 2 aromatic rings. The van der Waals surface area contributed by atoms with Crippen LogP contribution in [-0.2, 0) is 22.9 Å². The van der Waals surface area contributed by atoms with Crippen molar-refractivity contribution in [2.24, 2.45) is 5.92 Å². The van der Waals surface area contributed by atoms with Gasteiger partial charge >= 0.3 is 0 Å². The molecule has 1 aliphatic rings. The molecule has 2 heterocycles. The van der Waals surface area contributed by atoms with Gasteiger partial charge in [0.25, 0.3) is 0 Å². The van der Waals surface area contributed by atoms with Gasteiger partial charge in [-0.25, -0.2) is 8.42 Å². The molecule has 0 amide bonds. The molecule has 0 aliphatic carbocycles. The fourth-order valence-electron chi connectivity index (χ4n) is 3.33. The van der Waals surface area contributed by atoms with E-state index in [-0.39, 0.29) is 5.92 Å². The maximum Gasteiger partial charge on any atom is 0.150 e. The molecule has 0 saturated carbocycles. The maximum absolute atomic E-state index is 11.5. The molecule has 1 aliphatic heterocycles. The molecule has 1 aromatic heterocycles. The first-order chi connectivity index (χ1) is 11.4. The third-order valence-corrected chi connectivity index (χ3v) is 6.61. The number of hydrogen-bond donors (Lipinski definition) is 1.